The van der Waals surface area contributed by atoms with Gasteiger partial charge in [-0.3, -0.25) is 4.90 Å². The molecule has 0 amide bonds. The molecule has 3 rings (SSSR count). The topological polar surface area (TPSA) is 32.7 Å². The average Bonchev–Trinajstić information content (AvgIpc) is 2.38. The number of aliphatic hydroxyl groups is 1. The van der Waals surface area contributed by atoms with Crippen LogP contribution < -0.4 is 0 Å². The first-order valence-electron chi connectivity index (χ1n) is 6.22. The van der Waals surface area contributed by atoms with Gasteiger partial charge >= 0.3 is 0 Å². The lowest BCUT2D eigenvalue weighted by Crippen LogP contribution is -2.48. The van der Waals surface area contributed by atoms with Crippen LogP contribution >= 0.6 is 17.0 Å². The van der Waals surface area contributed by atoms with E-state index < -0.39 is 5.79 Å². The monoisotopic (exact) mass is 323 g/mol. The zero-order valence-electron chi connectivity index (χ0n) is 10.9. The number of fused-ring (bicyclic) bond motifs is 1. The largest absolute Gasteiger partial charge is 0.361 e. The molecule has 4 heteroatoms. The number of rotatable bonds is 1. The number of hydrogen-bond acceptors (Lipinski definition) is 3. The maximum Gasteiger partial charge on any atom is 0.205 e. The number of hydrogen-bond donors (Lipinski definition) is 1. The summed E-state index contributed by atoms with van der Waals surface area (Å²) in [5.41, 5.74) is 0.827. The third-order valence-electron chi connectivity index (χ3n) is 3.50. The summed E-state index contributed by atoms with van der Waals surface area (Å²) in [4.78, 5) is 2.08. The molecule has 1 saturated heterocycles. The predicted molar refractivity (Wildman–Crippen MR) is 81.6 cm³/mol. The Kier molecular flexibility index (Phi) is 4.26. The van der Waals surface area contributed by atoms with Crippen LogP contribution in [0.15, 0.2) is 42.5 Å². The molecule has 1 heterocycles. The van der Waals surface area contributed by atoms with Gasteiger partial charge < -0.3 is 9.84 Å². The van der Waals surface area contributed by atoms with Crippen LogP contribution in [0.4, 0.5) is 0 Å². The molecule has 0 radical (unpaired) electrons. The Labute approximate surface area is 123 Å². The summed E-state index contributed by atoms with van der Waals surface area (Å²) in [6.07, 6.45) is 0. The van der Waals surface area contributed by atoms with Crippen LogP contribution in [0.1, 0.15) is 5.56 Å². The molecule has 2 aromatic carbocycles. The third kappa shape index (κ3) is 2.82. The number of halogens is 1. The van der Waals surface area contributed by atoms with Crippen molar-refractivity contribution in [3.05, 3.63) is 48.0 Å². The Morgan fingerprint density at radius 1 is 1.16 bits per heavy atom. The first-order chi connectivity index (χ1) is 8.67. The van der Waals surface area contributed by atoms with E-state index in [0.717, 1.165) is 17.5 Å². The van der Waals surface area contributed by atoms with E-state index in [4.69, 9.17) is 4.74 Å². The van der Waals surface area contributed by atoms with Crippen LogP contribution in [0.25, 0.3) is 10.8 Å². The van der Waals surface area contributed by atoms with Crippen molar-refractivity contribution in [1.29, 1.82) is 0 Å². The van der Waals surface area contributed by atoms with E-state index in [1.165, 1.54) is 5.39 Å². The molecule has 3 nitrogen and oxygen atoms in total. The molecular weight excluding hydrogens is 306 g/mol. The van der Waals surface area contributed by atoms with Crippen molar-refractivity contribution >= 4 is 27.8 Å². The van der Waals surface area contributed by atoms with Crippen molar-refractivity contribution in [2.24, 2.45) is 0 Å². The molecule has 102 valence electrons. The van der Waals surface area contributed by atoms with Gasteiger partial charge in [-0.25, -0.2) is 0 Å². The second kappa shape index (κ2) is 5.59. The highest BCUT2D eigenvalue weighted by molar-refractivity contribution is 8.93. The molecule has 1 unspecified atom stereocenters. The highest BCUT2D eigenvalue weighted by Crippen LogP contribution is 2.29. The molecule has 0 spiro atoms. The van der Waals surface area contributed by atoms with Gasteiger partial charge in [-0.2, -0.15) is 0 Å². The van der Waals surface area contributed by atoms with Gasteiger partial charge in [0.15, 0.2) is 0 Å². The quantitative estimate of drug-likeness (QED) is 0.875. The van der Waals surface area contributed by atoms with Crippen molar-refractivity contribution in [2.75, 3.05) is 26.7 Å². The van der Waals surface area contributed by atoms with Gasteiger partial charge in [-0.1, -0.05) is 36.4 Å². The number of benzene rings is 2. The van der Waals surface area contributed by atoms with Crippen molar-refractivity contribution in [1.82, 2.24) is 4.90 Å². The molecule has 0 aliphatic carbocycles. The number of β-amino-alcohol motifs (C(OH)–C–C–N with tert-alkyl or cyclic N) is 1. The fourth-order valence-corrected chi connectivity index (χ4v) is 2.47. The number of ether oxygens (including phenoxy) is 1. The van der Waals surface area contributed by atoms with Gasteiger partial charge in [-0.05, 0) is 23.9 Å². The van der Waals surface area contributed by atoms with Crippen LogP contribution in [0, 0.1) is 0 Å². The van der Waals surface area contributed by atoms with Crippen LogP contribution in [0.5, 0.6) is 0 Å². The van der Waals surface area contributed by atoms with E-state index in [0.29, 0.717) is 13.2 Å². The van der Waals surface area contributed by atoms with Crippen LogP contribution in [-0.4, -0.2) is 36.8 Å². The molecule has 1 N–H and O–H groups in total. The van der Waals surface area contributed by atoms with E-state index in [1.54, 1.807) is 0 Å². The minimum Gasteiger partial charge on any atom is -0.361 e. The standard InChI is InChI=1S/C15H17NO2.BrH/c1-16-8-9-18-15(17,11-16)14-7-6-12-4-2-3-5-13(12)10-14;/h2-7,10,17H,8-9,11H2,1H3;1H. The number of morpholine rings is 1. The molecule has 0 bridgehead atoms. The Morgan fingerprint density at radius 3 is 2.63 bits per heavy atom. The van der Waals surface area contributed by atoms with E-state index >= 15 is 0 Å². The molecule has 2 aromatic rings. The smallest absolute Gasteiger partial charge is 0.205 e. The SMILES string of the molecule is Br.CN1CCOC(O)(c2ccc3ccccc3c2)C1. The van der Waals surface area contributed by atoms with Crippen LogP contribution in [-0.2, 0) is 10.5 Å². The molecule has 0 saturated carbocycles. The third-order valence-corrected chi connectivity index (χ3v) is 3.50. The lowest BCUT2D eigenvalue weighted by atomic mass is 10.00. The van der Waals surface area contributed by atoms with Gasteiger partial charge in [0.25, 0.3) is 0 Å². The Balaban J connectivity index is 0.00000133. The molecule has 1 fully saturated rings. The fraction of sp³-hybridized carbons (Fsp3) is 0.333. The maximum absolute atomic E-state index is 10.6. The van der Waals surface area contributed by atoms with Crippen molar-refractivity contribution in [2.45, 2.75) is 5.79 Å². The first kappa shape index (κ1) is 14.5. The highest BCUT2D eigenvalue weighted by Gasteiger charge is 2.35. The molecule has 1 atom stereocenters. The minimum atomic E-state index is -1.18. The van der Waals surface area contributed by atoms with Gasteiger partial charge in [0.2, 0.25) is 5.79 Å². The Hall–Kier alpha value is -0.940. The van der Waals surface area contributed by atoms with E-state index in [1.807, 2.05) is 37.4 Å². The highest BCUT2D eigenvalue weighted by atomic mass is 79.9. The van der Waals surface area contributed by atoms with Gasteiger partial charge in [0.05, 0.1) is 13.2 Å². The molecule has 0 aromatic heterocycles. The summed E-state index contributed by atoms with van der Waals surface area (Å²) in [7, 11) is 1.99. The van der Waals surface area contributed by atoms with Crippen LogP contribution in [0.2, 0.25) is 0 Å². The van der Waals surface area contributed by atoms with E-state index in [-0.39, 0.29) is 17.0 Å². The fourth-order valence-electron chi connectivity index (χ4n) is 2.47. The summed E-state index contributed by atoms with van der Waals surface area (Å²) in [6, 6.07) is 14.1. The number of likely N-dealkylation sites (N-methyl/N-ethyl adjacent to an activating group) is 1. The van der Waals surface area contributed by atoms with E-state index in [9.17, 15) is 5.11 Å². The van der Waals surface area contributed by atoms with E-state index in [2.05, 4.69) is 17.0 Å². The molecule has 1 aliphatic rings. The Bertz CT molecular complexity index is 575. The lowest BCUT2D eigenvalue weighted by Gasteiger charge is -2.37. The molecular formula is C15H18BrNO2. The van der Waals surface area contributed by atoms with Gasteiger partial charge in [-0.15, -0.1) is 17.0 Å². The maximum atomic E-state index is 10.6. The first-order valence-corrected chi connectivity index (χ1v) is 6.22. The molecule has 19 heavy (non-hydrogen) atoms. The second-order valence-corrected chi connectivity index (χ2v) is 4.93. The average molecular weight is 324 g/mol. The lowest BCUT2D eigenvalue weighted by molar-refractivity contribution is -0.245. The summed E-state index contributed by atoms with van der Waals surface area (Å²) >= 11 is 0. The van der Waals surface area contributed by atoms with Gasteiger partial charge in [0.1, 0.15) is 0 Å². The minimum absolute atomic E-state index is 0. The zero-order valence-corrected chi connectivity index (χ0v) is 12.6. The summed E-state index contributed by atoms with van der Waals surface area (Å²) < 4.78 is 5.58. The Morgan fingerprint density at radius 2 is 1.89 bits per heavy atom. The predicted octanol–water partition coefficient (Wildman–Crippen LogP) is 2.52. The summed E-state index contributed by atoms with van der Waals surface area (Å²) in [5.74, 6) is -1.18. The second-order valence-electron chi connectivity index (χ2n) is 4.93. The van der Waals surface area contributed by atoms with Crippen molar-refractivity contribution in [3.8, 4) is 0 Å². The van der Waals surface area contributed by atoms with Crippen molar-refractivity contribution < 1.29 is 9.84 Å². The zero-order chi connectivity index (χ0) is 12.6. The summed E-state index contributed by atoms with van der Waals surface area (Å²) in [5, 5.41) is 12.9. The number of nitrogens with zero attached hydrogens (tertiary/aromatic N) is 1. The summed E-state index contributed by atoms with van der Waals surface area (Å²) in [6.45, 7) is 1.92. The van der Waals surface area contributed by atoms with Crippen molar-refractivity contribution in [3.63, 3.8) is 0 Å². The van der Waals surface area contributed by atoms with Crippen LogP contribution in [0.3, 0.4) is 0 Å². The normalized spacial score (nSPS) is 24.1. The molecule has 1 aliphatic heterocycles. The van der Waals surface area contributed by atoms with Gasteiger partial charge in [0, 0.05) is 12.1 Å².